The van der Waals surface area contributed by atoms with Crippen LogP contribution in [0.4, 0.5) is 5.95 Å². The number of aromatic nitrogens is 3. The zero-order chi connectivity index (χ0) is 23.9. The summed E-state index contributed by atoms with van der Waals surface area (Å²) in [4.78, 5) is 15.1. The minimum atomic E-state index is -0.242. The van der Waals surface area contributed by atoms with Gasteiger partial charge in [-0.3, -0.25) is 9.36 Å². The fourth-order valence-corrected chi connectivity index (χ4v) is 4.88. The quantitative estimate of drug-likeness (QED) is 0.458. The molecule has 1 aliphatic rings. The molecule has 34 heavy (non-hydrogen) atoms. The summed E-state index contributed by atoms with van der Waals surface area (Å²) in [5.41, 5.74) is 1.85. The molecule has 1 N–H and O–H groups in total. The number of para-hydroxylation sites is 1. The number of amides is 1. The van der Waals surface area contributed by atoms with Crippen LogP contribution in [0.3, 0.4) is 0 Å². The Morgan fingerprint density at radius 2 is 1.82 bits per heavy atom. The number of piperidine rings is 1. The lowest BCUT2D eigenvalue weighted by molar-refractivity contribution is -0.119. The maximum Gasteiger partial charge on any atom is 0.232 e. The molecule has 0 radical (unpaired) electrons. The first kappa shape index (κ1) is 23.9. The molecule has 3 aromatic rings. The summed E-state index contributed by atoms with van der Waals surface area (Å²) in [7, 11) is 3.23. The molecule has 0 saturated carbocycles. The van der Waals surface area contributed by atoms with Crippen LogP contribution in [-0.4, -0.2) is 53.7 Å². The zero-order valence-electron chi connectivity index (χ0n) is 19.9. The van der Waals surface area contributed by atoms with Crippen molar-refractivity contribution in [3.63, 3.8) is 0 Å². The number of nitrogens with one attached hydrogen (secondary N) is 1. The van der Waals surface area contributed by atoms with Crippen LogP contribution in [0.25, 0.3) is 5.69 Å². The van der Waals surface area contributed by atoms with Gasteiger partial charge in [0.15, 0.2) is 5.16 Å². The van der Waals surface area contributed by atoms with Crippen molar-refractivity contribution >= 4 is 23.6 Å². The molecule has 8 nitrogen and oxygen atoms in total. The SMILES string of the molecule is COc1ccc(OC)c(C(C)NC(=O)CSc2nnc(N3CCCCC3)n2-c2ccccc2)c1. The van der Waals surface area contributed by atoms with Gasteiger partial charge in [-0.1, -0.05) is 30.0 Å². The van der Waals surface area contributed by atoms with E-state index in [-0.39, 0.29) is 17.7 Å². The molecule has 0 aliphatic carbocycles. The Bertz CT molecular complexity index is 1100. The molecule has 0 bridgehead atoms. The van der Waals surface area contributed by atoms with E-state index in [1.807, 2.05) is 55.5 Å². The fraction of sp³-hybridized carbons (Fsp3) is 0.400. The number of carbonyl (C=O) groups excluding carboxylic acids is 1. The highest BCUT2D eigenvalue weighted by atomic mass is 32.2. The van der Waals surface area contributed by atoms with Crippen molar-refractivity contribution in [2.75, 3.05) is 38.0 Å². The molecule has 1 saturated heterocycles. The van der Waals surface area contributed by atoms with E-state index in [9.17, 15) is 4.79 Å². The van der Waals surface area contributed by atoms with E-state index in [2.05, 4.69) is 25.0 Å². The first-order chi connectivity index (χ1) is 16.6. The van der Waals surface area contributed by atoms with Gasteiger partial charge in [0.05, 0.1) is 31.7 Å². The van der Waals surface area contributed by atoms with E-state index in [1.165, 1.54) is 18.2 Å². The van der Waals surface area contributed by atoms with Gasteiger partial charge in [0.2, 0.25) is 11.9 Å². The number of thioether (sulfide) groups is 1. The Morgan fingerprint density at radius 3 is 2.53 bits per heavy atom. The van der Waals surface area contributed by atoms with Gasteiger partial charge in [0.1, 0.15) is 11.5 Å². The molecule has 1 amide bonds. The van der Waals surface area contributed by atoms with E-state index in [0.717, 1.165) is 43.1 Å². The van der Waals surface area contributed by atoms with Crippen molar-refractivity contribution in [3.8, 4) is 17.2 Å². The second-order valence-electron chi connectivity index (χ2n) is 8.19. The second-order valence-corrected chi connectivity index (χ2v) is 9.13. The van der Waals surface area contributed by atoms with Crippen molar-refractivity contribution in [1.29, 1.82) is 0 Å². The Balaban J connectivity index is 1.48. The molecule has 2 heterocycles. The standard InChI is InChI=1S/C25H31N5O3S/c1-18(21-16-20(32-2)12-13-22(21)33-3)26-23(31)17-34-25-28-27-24(29-14-8-5-9-15-29)30(25)19-10-6-4-7-11-19/h4,6-7,10-13,16,18H,5,8-9,14-15,17H2,1-3H3,(H,26,31). The smallest absolute Gasteiger partial charge is 0.232 e. The van der Waals surface area contributed by atoms with Crippen LogP contribution in [0.2, 0.25) is 0 Å². The van der Waals surface area contributed by atoms with Crippen molar-refractivity contribution in [1.82, 2.24) is 20.1 Å². The number of anilines is 1. The summed E-state index contributed by atoms with van der Waals surface area (Å²) in [5.74, 6) is 2.39. The third-order valence-corrected chi connectivity index (χ3v) is 6.81. The highest BCUT2D eigenvalue weighted by Crippen LogP contribution is 2.30. The molecule has 1 atom stereocenters. The summed E-state index contributed by atoms with van der Waals surface area (Å²) >= 11 is 1.38. The largest absolute Gasteiger partial charge is 0.497 e. The number of rotatable bonds is 9. The van der Waals surface area contributed by atoms with Gasteiger partial charge in [0, 0.05) is 18.7 Å². The highest BCUT2D eigenvalue weighted by molar-refractivity contribution is 7.99. The minimum absolute atomic E-state index is 0.0930. The van der Waals surface area contributed by atoms with Gasteiger partial charge >= 0.3 is 0 Å². The number of methoxy groups -OCH3 is 2. The number of carbonyl (C=O) groups is 1. The predicted molar refractivity (Wildman–Crippen MR) is 134 cm³/mol. The van der Waals surface area contributed by atoms with E-state index in [4.69, 9.17) is 9.47 Å². The summed E-state index contributed by atoms with van der Waals surface area (Å²) in [6.45, 7) is 3.87. The lowest BCUT2D eigenvalue weighted by atomic mass is 10.1. The van der Waals surface area contributed by atoms with E-state index < -0.39 is 0 Å². The van der Waals surface area contributed by atoms with Crippen LogP contribution in [0, 0.1) is 0 Å². The summed E-state index contributed by atoms with van der Waals surface area (Å²) < 4.78 is 12.8. The second kappa shape index (κ2) is 11.3. The van der Waals surface area contributed by atoms with Gasteiger partial charge in [-0.05, 0) is 56.5 Å². The van der Waals surface area contributed by atoms with Gasteiger partial charge < -0.3 is 19.7 Å². The molecule has 1 aliphatic heterocycles. The minimum Gasteiger partial charge on any atom is -0.497 e. The lowest BCUT2D eigenvalue weighted by Crippen LogP contribution is -2.31. The van der Waals surface area contributed by atoms with Crippen LogP contribution in [0.15, 0.2) is 53.7 Å². The Morgan fingerprint density at radius 1 is 1.06 bits per heavy atom. The Kier molecular flexibility index (Phi) is 7.95. The molecule has 9 heteroatoms. The number of benzene rings is 2. The van der Waals surface area contributed by atoms with Crippen LogP contribution >= 0.6 is 11.8 Å². The molecular weight excluding hydrogens is 450 g/mol. The fourth-order valence-electron chi connectivity index (χ4n) is 4.13. The third-order valence-electron chi connectivity index (χ3n) is 5.88. The van der Waals surface area contributed by atoms with Gasteiger partial charge in [-0.2, -0.15) is 0 Å². The highest BCUT2D eigenvalue weighted by Gasteiger charge is 2.22. The molecular formula is C25H31N5O3S. The third kappa shape index (κ3) is 5.47. The van der Waals surface area contributed by atoms with Gasteiger partial charge in [-0.25, -0.2) is 0 Å². The van der Waals surface area contributed by atoms with Crippen LogP contribution in [0.5, 0.6) is 11.5 Å². The summed E-state index contributed by atoms with van der Waals surface area (Å²) in [5, 5.41) is 12.7. The molecule has 180 valence electrons. The van der Waals surface area contributed by atoms with Gasteiger partial charge in [-0.15, -0.1) is 10.2 Å². The maximum atomic E-state index is 12.8. The van der Waals surface area contributed by atoms with Crippen LogP contribution < -0.4 is 19.7 Å². The Hall–Kier alpha value is -3.20. The van der Waals surface area contributed by atoms with Crippen LogP contribution in [0.1, 0.15) is 37.8 Å². The van der Waals surface area contributed by atoms with Crippen molar-refractivity contribution in [2.24, 2.45) is 0 Å². The maximum absolute atomic E-state index is 12.8. The summed E-state index contributed by atoms with van der Waals surface area (Å²) in [6.07, 6.45) is 3.55. The monoisotopic (exact) mass is 481 g/mol. The average Bonchev–Trinajstić information content (AvgIpc) is 3.32. The topological polar surface area (TPSA) is 81.5 Å². The van der Waals surface area contributed by atoms with Crippen molar-refractivity contribution in [3.05, 3.63) is 54.1 Å². The zero-order valence-corrected chi connectivity index (χ0v) is 20.7. The summed E-state index contributed by atoms with van der Waals surface area (Å²) in [6, 6.07) is 15.4. The lowest BCUT2D eigenvalue weighted by Gasteiger charge is -2.27. The average molecular weight is 482 g/mol. The number of hydrogen-bond acceptors (Lipinski definition) is 7. The molecule has 2 aromatic carbocycles. The van der Waals surface area contributed by atoms with E-state index >= 15 is 0 Å². The Labute approximate surface area is 204 Å². The van der Waals surface area contributed by atoms with E-state index in [0.29, 0.717) is 16.7 Å². The molecule has 0 spiro atoms. The number of ether oxygens (including phenoxy) is 2. The number of nitrogens with zero attached hydrogens (tertiary/aromatic N) is 4. The predicted octanol–water partition coefficient (Wildman–Crippen LogP) is 4.24. The molecule has 1 aromatic heterocycles. The molecule has 1 fully saturated rings. The van der Waals surface area contributed by atoms with Crippen molar-refractivity contribution < 1.29 is 14.3 Å². The first-order valence-corrected chi connectivity index (χ1v) is 12.5. The first-order valence-electron chi connectivity index (χ1n) is 11.5. The number of hydrogen-bond donors (Lipinski definition) is 1. The molecule has 4 rings (SSSR count). The van der Waals surface area contributed by atoms with Gasteiger partial charge in [0.25, 0.3) is 0 Å². The molecule has 1 unspecified atom stereocenters. The van der Waals surface area contributed by atoms with Crippen molar-refractivity contribution in [2.45, 2.75) is 37.4 Å². The van der Waals surface area contributed by atoms with E-state index in [1.54, 1.807) is 14.2 Å². The van der Waals surface area contributed by atoms with Crippen LogP contribution in [-0.2, 0) is 4.79 Å². The normalized spacial score (nSPS) is 14.5.